The van der Waals surface area contributed by atoms with E-state index < -0.39 is 11.4 Å². The number of hydrogen-bond donors (Lipinski definition) is 1. The molecule has 0 fully saturated rings. The number of nitrogens with two attached hydrogens (primary N) is 1. The van der Waals surface area contributed by atoms with E-state index in [9.17, 15) is 14.9 Å². The Labute approximate surface area is 81.4 Å². The molecule has 2 N–H and O–H groups in total. The summed E-state index contributed by atoms with van der Waals surface area (Å²) < 4.78 is 0. The van der Waals surface area contributed by atoms with Gasteiger partial charge in [0.15, 0.2) is 0 Å². The number of carbonyl (C=O) groups excluding carboxylic acids is 1. The van der Waals surface area contributed by atoms with Gasteiger partial charge in [0.2, 0.25) is 11.4 Å². The molecule has 0 saturated carbocycles. The van der Waals surface area contributed by atoms with Gasteiger partial charge in [-0.25, -0.2) is 0 Å². The number of carbonyl (C=O) groups is 1. The highest BCUT2D eigenvalue weighted by Gasteiger charge is 2.41. The van der Waals surface area contributed by atoms with Crippen molar-refractivity contribution < 1.29 is 9.72 Å². The number of primary amides is 1. The van der Waals surface area contributed by atoms with E-state index in [-0.39, 0.29) is 11.3 Å². The van der Waals surface area contributed by atoms with Crippen molar-refractivity contribution in [3.05, 3.63) is 33.9 Å². The van der Waals surface area contributed by atoms with Gasteiger partial charge in [-0.05, 0) is 6.08 Å². The lowest BCUT2D eigenvalue weighted by molar-refractivity contribution is -0.555. The van der Waals surface area contributed by atoms with Crippen molar-refractivity contribution >= 4 is 5.91 Å². The summed E-state index contributed by atoms with van der Waals surface area (Å²) in [4.78, 5) is 21.4. The maximum absolute atomic E-state index is 10.9. The first kappa shape index (κ1) is 10.4. The van der Waals surface area contributed by atoms with E-state index in [0.717, 1.165) is 0 Å². The highest BCUT2D eigenvalue weighted by Crippen LogP contribution is 2.28. The number of nitro groups is 1. The van der Waals surface area contributed by atoms with Crippen LogP contribution >= 0.6 is 0 Å². The summed E-state index contributed by atoms with van der Waals surface area (Å²) in [5, 5.41) is 10.9. The first-order valence-electron chi connectivity index (χ1n) is 4.34. The Balaban J connectivity index is 2.98. The molecule has 0 bridgehead atoms. The average Bonchev–Trinajstić information content (AvgIpc) is 2.17. The molecule has 1 aliphatic carbocycles. The topological polar surface area (TPSA) is 86.2 Å². The van der Waals surface area contributed by atoms with Gasteiger partial charge < -0.3 is 5.73 Å². The number of amides is 1. The van der Waals surface area contributed by atoms with Crippen molar-refractivity contribution in [3.63, 3.8) is 0 Å². The molecule has 0 spiro atoms. The van der Waals surface area contributed by atoms with E-state index in [1.807, 2.05) is 0 Å². The molecule has 14 heavy (non-hydrogen) atoms. The van der Waals surface area contributed by atoms with Crippen LogP contribution in [0.5, 0.6) is 0 Å². The van der Waals surface area contributed by atoms with Crippen LogP contribution < -0.4 is 5.73 Å². The summed E-state index contributed by atoms with van der Waals surface area (Å²) in [5.74, 6) is -0.589. The molecule has 5 heteroatoms. The van der Waals surface area contributed by atoms with Crippen LogP contribution in [0.2, 0.25) is 0 Å². The Kier molecular flexibility index (Phi) is 2.69. The number of hydrogen-bond acceptors (Lipinski definition) is 3. The lowest BCUT2D eigenvalue weighted by Crippen LogP contribution is -2.38. The van der Waals surface area contributed by atoms with E-state index in [1.54, 1.807) is 6.92 Å². The van der Waals surface area contributed by atoms with E-state index in [0.29, 0.717) is 12.0 Å². The maximum Gasteiger partial charge on any atom is 0.244 e. The fraction of sp³-hybridized carbons (Fsp3) is 0.444. The van der Waals surface area contributed by atoms with Gasteiger partial charge in [-0.1, -0.05) is 19.1 Å². The minimum Gasteiger partial charge on any atom is -0.366 e. The second-order valence-corrected chi connectivity index (χ2v) is 3.31. The van der Waals surface area contributed by atoms with Crippen molar-refractivity contribution in [1.29, 1.82) is 0 Å². The van der Waals surface area contributed by atoms with Crippen molar-refractivity contribution in [2.75, 3.05) is 0 Å². The Morgan fingerprint density at radius 2 is 2.43 bits per heavy atom. The van der Waals surface area contributed by atoms with Crippen molar-refractivity contribution in [2.45, 2.75) is 25.3 Å². The molecule has 76 valence electrons. The molecular formula is C9H12N2O3. The first-order chi connectivity index (χ1) is 6.52. The quantitative estimate of drug-likeness (QED) is 0.534. The Morgan fingerprint density at radius 1 is 1.79 bits per heavy atom. The molecule has 0 aromatic carbocycles. The number of rotatable bonds is 3. The Morgan fingerprint density at radius 3 is 2.86 bits per heavy atom. The standard InChI is InChI=1S/C9H12N2O3/c1-2-9(11(13)14)5-3-4-7(6-9)8(10)12/h3-5H,2,6H2,1H3,(H2,10,12). The summed E-state index contributed by atoms with van der Waals surface area (Å²) >= 11 is 0. The highest BCUT2D eigenvalue weighted by atomic mass is 16.6. The summed E-state index contributed by atoms with van der Waals surface area (Å²) in [6.07, 6.45) is 5.00. The molecule has 0 heterocycles. The second-order valence-electron chi connectivity index (χ2n) is 3.31. The minimum absolute atomic E-state index is 0.0856. The van der Waals surface area contributed by atoms with Gasteiger partial charge in [-0.2, -0.15) is 0 Å². The number of allylic oxidation sites excluding steroid dienone is 2. The maximum atomic E-state index is 10.9. The molecule has 1 unspecified atom stereocenters. The van der Waals surface area contributed by atoms with Gasteiger partial charge in [0, 0.05) is 16.9 Å². The van der Waals surface area contributed by atoms with Crippen LogP contribution in [0.4, 0.5) is 0 Å². The van der Waals surface area contributed by atoms with Crippen LogP contribution in [0.15, 0.2) is 23.8 Å². The predicted octanol–water partition coefficient (Wildman–Crippen LogP) is 0.784. The summed E-state index contributed by atoms with van der Waals surface area (Å²) in [5.41, 5.74) is 4.24. The highest BCUT2D eigenvalue weighted by molar-refractivity contribution is 5.92. The zero-order valence-electron chi connectivity index (χ0n) is 7.90. The van der Waals surface area contributed by atoms with E-state index in [4.69, 9.17) is 5.73 Å². The van der Waals surface area contributed by atoms with Gasteiger partial charge in [0.25, 0.3) is 0 Å². The molecule has 1 amide bonds. The van der Waals surface area contributed by atoms with Crippen molar-refractivity contribution in [2.24, 2.45) is 5.73 Å². The van der Waals surface area contributed by atoms with E-state index in [2.05, 4.69) is 0 Å². The smallest absolute Gasteiger partial charge is 0.244 e. The minimum atomic E-state index is -1.15. The Bertz CT molecular complexity index is 333. The normalized spacial score (nSPS) is 25.6. The van der Waals surface area contributed by atoms with Crippen LogP contribution in [0.3, 0.4) is 0 Å². The molecule has 5 nitrogen and oxygen atoms in total. The van der Waals surface area contributed by atoms with Gasteiger partial charge in [0.05, 0.1) is 6.42 Å². The molecule has 1 atom stereocenters. The molecule has 0 aliphatic heterocycles. The van der Waals surface area contributed by atoms with E-state index >= 15 is 0 Å². The van der Waals surface area contributed by atoms with Crippen LogP contribution in [-0.2, 0) is 4.79 Å². The van der Waals surface area contributed by atoms with Crippen LogP contribution in [0, 0.1) is 10.1 Å². The molecule has 0 saturated heterocycles. The molecule has 0 aromatic rings. The monoisotopic (exact) mass is 196 g/mol. The van der Waals surface area contributed by atoms with Crippen LogP contribution in [-0.4, -0.2) is 16.4 Å². The largest absolute Gasteiger partial charge is 0.366 e. The Hall–Kier alpha value is -1.65. The van der Waals surface area contributed by atoms with Gasteiger partial charge in [-0.15, -0.1) is 0 Å². The fourth-order valence-electron chi connectivity index (χ4n) is 1.46. The van der Waals surface area contributed by atoms with E-state index in [1.165, 1.54) is 18.2 Å². The molecule has 1 aliphatic rings. The first-order valence-corrected chi connectivity index (χ1v) is 4.34. The predicted molar refractivity (Wildman–Crippen MR) is 51.1 cm³/mol. The lowest BCUT2D eigenvalue weighted by Gasteiger charge is -2.23. The average molecular weight is 196 g/mol. The summed E-state index contributed by atoms with van der Waals surface area (Å²) in [6, 6.07) is 0. The van der Waals surface area contributed by atoms with Crippen molar-refractivity contribution in [1.82, 2.24) is 0 Å². The van der Waals surface area contributed by atoms with Crippen molar-refractivity contribution in [3.8, 4) is 0 Å². The zero-order valence-corrected chi connectivity index (χ0v) is 7.90. The van der Waals surface area contributed by atoms with Crippen LogP contribution in [0.1, 0.15) is 19.8 Å². The molecule has 0 radical (unpaired) electrons. The van der Waals surface area contributed by atoms with Gasteiger partial charge in [0.1, 0.15) is 0 Å². The van der Waals surface area contributed by atoms with Gasteiger partial charge >= 0.3 is 0 Å². The lowest BCUT2D eigenvalue weighted by atomic mass is 9.85. The third kappa shape index (κ3) is 1.66. The summed E-state index contributed by atoms with van der Waals surface area (Å²) in [6.45, 7) is 1.72. The number of nitrogens with zero attached hydrogens (tertiary/aromatic N) is 1. The summed E-state index contributed by atoms with van der Waals surface area (Å²) in [7, 11) is 0. The SMILES string of the molecule is CCC1([N+](=O)[O-])C=CC=C(C(N)=O)C1. The zero-order chi connectivity index (χ0) is 10.8. The molecule has 0 aromatic heterocycles. The molecule has 1 rings (SSSR count). The van der Waals surface area contributed by atoms with Crippen LogP contribution in [0.25, 0.3) is 0 Å². The third-order valence-corrected chi connectivity index (χ3v) is 2.49. The fourth-order valence-corrected chi connectivity index (χ4v) is 1.46. The molecular weight excluding hydrogens is 184 g/mol. The third-order valence-electron chi connectivity index (χ3n) is 2.49. The van der Waals surface area contributed by atoms with Gasteiger partial charge in [-0.3, -0.25) is 14.9 Å². The second kappa shape index (κ2) is 3.61.